The maximum atomic E-state index is 14.1. The molecule has 4 nitrogen and oxygen atoms in total. The van der Waals surface area contributed by atoms with Crippen LogP contribution in [0.1, 0.15) is 49.9 Å². The molecular formula is C36H28BClF10N2O2. The van der Waals surface area contributed by atoms with Crippen molar-refractivity contribution in [1.82, 2.24) is 0 Å². The molecule has 1 aliphatic rings. The maximum absolute atomic E-state index is 14.1. The SMILES string of the molecule is Cc1c(F)ccc(B2OC(C)(C)C(C)(C)O2)c1F.[C-]#[N+]c1cccc(C(F)(F)F)c1-c1ccc(F)c(C)c1F.[C-]#[N+]c1cccc(C(F)(F)F)c1Cl. The molecule has 0 unspecified atom stereocenters. The van der Waals surface area contributed by atoms with E-state index in [1.807, 2.05) is 27.7 Å². The van der Waals surface area contributed by atoms with Gasteiger partial charge in [-0.25, -0.2) is 27.3 Å². The summed E-state index contributed by atoms with van der Waals surface area (Å²) in [6.45, 7) is 23.6. The van der Waals surface area contributed by atoms with Gasteiger partial charge in [0.2, 0.25) is 5.69 Å². The summed E-state index contributed by atoms with van der Waals surface area (Å²) >= 11 is 5.36. The fourth-order valence-electron chi connectivity index (χ4n) is 4.67. The monoisotopic (exact) mass is 756 g/mol. The summed E-state index contributed by atoms with van der Waals surface area (Å²) in [5.74, 6) is -3.12. The van der Waals surface area contributed by atoms with Gasteiger partial charge in [0.1, 0.15) is 23.3 Å². The van der Waals surface area contributed by atoms with Crippen LogP contribution in [0.2, 0.25) is 5.02 Å². The molecule has 0 aromatic heterocycles. The Morgan fingerprint density at radius 1 is 0.635 bits per heavy atom. The lowest BCUT2D eigenvalue weighted by Gasteiger charge is -2.32. The maximum Gasteiger partial charge on any atom is 0.497 e. The number of rotatable bonds is 2. The van der Waals surface area contributed by atoms with Crippen molar-refractivity contribution in [2.24, 2.45) is 0 Å². The molecule has 4 aromatic rings. The molecular weight excluding hydrogens is 729 g/mol. The van der Waals surface area contributed by atoms with E-state index in [1.54, 1.807) is 0 Å². The van der Waals surface area contributed by atoms with Crippen LogP contribution in [0.5, 0.6) is 0 Å². The summed E-state index contributed by atoms with van der Waals surface area (Å²) in [6, 6.07) is 10.7. The van der Waals surface area contributed by atoms with Crippen LogP contribution in [0.15, 0.2) is 60.7 Å². The van der Waals surface area contributed by atoms with Gasteiger partial charge >= 0.3 is 19.5 Å². The first-order chi connectivity index (χ1) is 23.9. The number of nitrogens with zero attached hydrogens (tertiary/aromatic N) is 2. The Hall–Kier alpha value is -4.57. The van der Waals surface area contributed by atoms with Gasteiger partial charge in [0.15, 0.2) is 5.69 Å². The smallest absolute Gasteiger partial charge is 0.399 e. The van der Waals surface area contributed by atoms with E-state index in [2.05, 4.69) is 9.69 Å². The molecule has 1 saturated heterocycles. The highest BCUT2D eigenvalue weighted by Crippen LogP contribution is 2.44. The summed E-state index contributed by atoms with van der Waals surface area (Å²) in [5.41, 5.74) is -4.85. The van der Waals surface area contributed by atoms with E-state index in [1.165, 1.54) is 25.1 Å². The Kier molecular flexibility index (Phi) is 12.5. The topological polar surface area (TPSA) is 27.2 Å². The third-order valence-electron chi connectivity index (χ3n) is 8.32. The fourth-order valence-corrected chi connectivity index (χ4v) is 4.94. The number of halogens is 11. The van der Waals surface area contributed by atoms with Crippen LogP contribution in [0.3, 0.4) is 0 Å². The Morgan fingerprint density at radius 2 is 1.08 bits per heavy atom. The van der Waals surface area contributed by atoms with Crippen molar-refractivity contribution >= 4 is 35.6 Å². The summed E-state index contributed by atoms with van der Waals surface area (Å²) in [5, 5.41) is -0.537. The fraction of sp³-hybridized carbons (Fsp3) is 0.278. The zero-order valence-corrected chi connectivity index (χ0v) is 29.0. The molecule has 0 atom stereocenters. The lowest BCUT2D eigenvalue weighted by atomic mass is 9.78. The first-order valence-corrected chi connectivity index (χ1v) is 15.3. The standard InChI is InChI=1S/C15H8F5N.C13H17BF2O2.C8H3ClF3N/c1-8-11(16)7-6-9(14(8)17)13-10(15(18,19)20)4-3-5-12(13)21-2;1-8-10(15)7-6-9(11(8)16)14-17-12(2,3)13(4,5)18-14;1-13-6-4-2-3-5(7(6)9)8(10,11)12/h3-7H,1H3;6-7H,1-5H3;2-4H. The van der Waals surface area contributed by atoms with Crippen LogP contribution in [0, 0.1) is 50.3 Å². The normalized spacial score (nSPS) is 14.7. The molecule has 52 heavy (non-hydrogen) atoms. The number of benzene rings is 4. The number of hydrogen-bond acceptors (Lipinski definition) is 2. The predicted octanol–water partition coefficient (Wildman–Crippen LogP) is 12.0. The predicted molar refractivity (Wildman–Crippen MR) is 177 cm³/mol. The number of hydrogen-bond donors (Lipinski definition) is 0. The molecule has 16 heteroatoms. The Labute approximate surface area is 298 Å². The van der Waals surface area contributed by atoms with Crippen molar-refractivity contribution in [3.8, 4) is 11.1 Å². The quantitative estimate of drug-likeness (QED) is 0.116. The van der Waals surface area contributed by atoms with Gasteiger partial charge < -0.3 is 9.31 Å². The zero-order chi connectivity index (χ0) is 39.6. The first-order valence-electron chi connectivity index (χ1n) is 15.0. The van der Waals surface area contributed by atoms with Crippen molar-refractivity contribution in [3.05, 3.63) is 134 Å². The minimum Gasteiger partial charge on any atom is -0.399 e. The molecule has 4 aromatic carbocycles. The average molecular weight is 757 g/mol. The van der Waals surface area contributed by atoms with E-state index in [-0.39, 0.29) is 28.0 Å². The van der Waals surface area contributed by atoms with Gasteiger partial charge in [0.05, 0.1) is 40.5 Å². The molecule has 0 aliphatic carbocycles. The van der Waals surface area contributed by atoms with Gasteiger partial charge in [-0.2, -0.15) is 26.3 Å². The second-order valence-corrected chi connectivity index (χ2v) is 12.6. The Morgan fingerprint density at radius 3 is 1.56 bits per heavy atom. The van der Waals surface area contributed by atoms with Gasteiger partial charge in [0.25, 0.3) is 0 Å². The summed E-state index contributed by atoms with van der Waals surface area (Å²) in [7, 11) is -0.797. The second kappa shape index (κ2) is 15.6. The van der Waals surface area contributed by atoms with E-state index < -0.39 is 81.2 Å². The molecule has 0 radical (unpaired) electrons. The molecule has 1 heterocycles. The molecule has 1 aliphatic heterocycles. The Balaban J connectivity index is 0.000000216. The van der Waals surface area contributed by atoms with Crippen molar-refractivity contribution in [3.63, 3.8) is 0 Å². The van der Waals surface area contributed by atoms with Crippen molar-refractivity contribution < 1.29 is 53.2 Å². The van der Waals surface area contributed by atoms with Crippen molar-refractivity contribution in [2.45, 2.75) is 65.1 Å². The molecule has 274 valence electrons. The van der Waals surface area contributed by atoms with Crippen LogP contribution in [0.4, 0.5) is 55.3 Å². The summed E-state index contributed by atoms with van der Waals surface area (Å²) < 4.78 is 142. The molecule has 0 spiro atoms. The molecule has 0 bridgehead atoms. The van der Waals surface area contributed by atoms with Crippen LogP contribution in [0.25, 0.3) is 20.8 Å². The van der Waals surface area contributed by atoms with Gasteiger partial charge in [-0.3, -0.25) is 0 Å². The van der Waals surface area contributed by atoms with Crippen LogP contribution in [-0.4, -0.2) is 18.3 Å². The first kappa shape index (κ1) is 41.9. The van der Waals surface area contributed by atoms with Gasteiger partial charge in [-0.15, -0.1) is 0 Å². The zero-order valence-electron chi connectivity index (χ0n) is 28.2. The minimum atomic E-state index is -4.75. The van der Waals surface area contributed by atoms with E-state index in [9.17, 15) is 43.9 Å². The third kappa shape index (κ3) is 8.89. The molecule has 0 amide bonds. The van der Waals surface area contributed by atoms with E-state index in [4.69, 9.17) is 34.1 Å². The summed E-state index contributed by atoms with van der Waals surface area (Å²) in [4.78, 5) is 5.87. The lowest BCUT2D eigenvalue weighted by molar-refractivity contribution is -0.138. The van der Waals surface area contributed by atoms with Gasteiger partial charge in [0, 0.05) is 27.7 Å². The van der Waals surface area contributed by atoms with Crippen LogP contribution < -0.4 is 5.46 Å². The molecule has 0 saturated carbocycles. The second-order valence-electron chi connectivity index (χ2n) is 12.3. The van der Waals surface area contributed by atoms with E-state index >= 15 is 0 Å². The van der Waals surface area contributed by atoms with Crippen molar-refractivity contribution in [2.75, 3.05) is 0 Å². The van der Waals surface area contributed by atoms with Crippen LogP contribution in [-0.2, 0) is 21.7 Å². The van der Waals surface area contributed by atoms with E-state index in [0.29, 0.717) is 0 Å². The van der Waals surface area contributed by atoms with Crippen LogP contribution >= 0.6 is 11.6 Å². The molecule has 1 fully saturated rings. The average Bonchev–Trinajstić information content (AvgIpc) is 3.27. The lowest BCUT2D eigenvalue weighted by Crippen LogP contribution is -2.41. The molecule has 5 rings (SSSR count). The highest BCUT2D eigenvalue weighted by molar-refractivity contribution is 6.62. The van der Waals surface area contributed by atoms with E-state index in [0.717, 1.165) is 49.4 Å². The van der Waals surface area contributed by atoms with Crippen molar-refractivity contribution in [1.29, 1.82) is 0 Å². The highest BCUT2D eigenvalue weighted by Gasteiger charge is 2.52. The third-order valence-corrected chi connectivity index (χ3v) is 8.72. The Bertz CT molecular complexity index is 2040. The highest BCUT2D eigenvalue weighted by atomic mass is 35.5. The molecule has 0 N–H and O–H groups in total. The largest absolute Gasteiger partial charge is 0.497 e. The number of alkyl halides is 6. The van der Waals surface area contributed by atoms with Gasteiger partial charge in [-0.05, 0) is 59.7 Å². The summed E-state index contributed by atoms with van der Waals surface area (Å²) in [6.07, 6.45) is -9.25. The van der Waals surface area contributed by atoms with Gasteiger partial charge in [-0.1, -0.05) is 54.1 Å². The minimum absolute atomic E-state index is 0.0118.